The maximum atomic E-state index is 12.9. The Balaban J connectivity index is 1.42. The summed E-state index contributed by atoms with van der Waals surface area (Å²) in [7, 11) is -28.6. The number of carbonyl (C=O) groups excluding carboxylic acids is 2. The number of thiol groups is 1. The smallest absolute Gasteiger partial charge is 0.387 e. The highest BCUT2D eigenvalue weighted by atomic mass is 32.1. The monoisotopic (exact) mass is 1060 g/mol. The van der Waals surface area contributed by atoms with Crippen LogP contribution in [-0.2, 0) is 73.1 Å². The van der Waals surface area contributed by atoms with E-state index in [0.717, 1.165) is 17.2 Å². The molecule has 2 fully saturated rings. The van der Waals surface area contributed by atoms with E-state index in [0.29, 0.717) is 5.75 Å². The van der Waals surface area contributed by atoms with Crippen LogP contribution in [0.15, 0.2) is 12.7 Å². The molecule has 39 heteroatoms. The number of carbonyl (C=O) groups is 2. The van der Waals surface area contributed by atoms with E-state index in [4.69, 9.17) is 38.8 Å². The normalized spacial score (nSPS) is 28.2. The van der Waals surface area contributed by atoms with Gasteiger partial charge in [0.2, 0.25) is 11.8 Å². The predicted molar refractivity (Wildman–Crippen MR) is 212 cm³/mol. The predicted octanol–water partition coefficient (Wildman–Crippen LogP) is -2.97. The van der Waals surface area contributed by atoms with E-state index in [2.05, 4.69) is 55.7 Å². The zero-order valence-electron chi connectivity index (χ0n) is 33.4. The second-order valence-electron chi connectivity index (χ2n) is 14.2. The molecule has 2 saturated heterocycles. The highest BCUT2D eigenvalue weighted by Gasteiger charge is 2.53. The summed E-state index contributed by atoms with van der Waals surface area (Å²) in [4.78, 5) is 93.3. The van der Waals surface area contributed by atoms with Crippen molar-refractivity contribution in [1.29, 1.82) is 0 Å². The number of nitrogens with one attached hydrogen (secondary N) is 2. The maximum absolute atomic E-state index is 12.9. The lowest BCUT2D eigenvalue weighted by Gasteiger charge is -2.30. The van der Waals surface area contributed by atoms with Crippen molar-refractivity contribution >= 4 is 80.5 Å². The number of phosphoric acid groups is 5. The summed E-state index contributed by atoms with van der Waals surface area (Å²) < 4.78 is 104. The number of hydrogen-bond acceptors (Lipinski definition) is 25. The number of nitrogens with zero attached hydrogens (tertiary/aromatic N) is 4. The second-order valence-corrected chi connectivity index (χ2v) is 22.2. The van der Waals surface area contributed by atoms with Gasteiger partial charge in [-0.15, -0.1) is 0 Å². The Bertz CT molecular complexity index is 2240. The molecule has 4 rings (SSSR count). The molecule has 33 nitrogen and oxygen atoms in total. The topological polar surface area (TPSA) is 499 Å². The lowest BCUT2D eigenvalue weighted by molar-refractivity contribution is -0.219. The number of aromatic nitrogens is 4. The summed E-state index contributed by atoms with van der Waals surface area (Å²) in [5.41, 5.74) is 4.16. The van der Waals surface area contributed by atoms with E-state index in [1.54, 1.807) is 0 Å². The first-order valence-electron chi connectivity index (χ1n) is 18.1. The fraction of sp³-hybridized carbons (Fsp3) is 0.731. The minimum Gasteiger partial charge on any atom is -0.387 e. The van der Waals surface area contributed by atoms with Crippen LogP contribution < -0.4 is 16.4 Å². The lowest BCUT2D eigenvalue weighted by atomic mass is 9.87. The minimum absolute atomic E-state index is 0.00376. The molecular formula is C26H46N7O26P5S. The molecule has 2 aliphatic heterocycles. The quantitative estimate of drug-likeness (QED) is 0.0349. The standard InChI is InChI=1S/C26H46N7O26P5S/c1-26(2,20(38)23(39)29-4-3-14(34)28-5-6-65)9-53-63(47,48)58-61(43,44)52-8-13-17(36)19(24(54-13)33-11-32-15-21(27)30-10-31-22(15)33)56-25-18(37)16(35)12(55-25)7-51-62(45,46)59-64(49,50)57-60(40,41)42/h10-13,16-20,24-25,35-38,65H,3-9H2,1-2H3,(H,28,34)(H,29,39)(H,43,44)(H,45,46)(H,47,48)(H,49,50)(H2,27,30,31)(H2,40,41,42)/t12-,13-,16-,17-,18-,19-,20+,24-,25-/m1/s1. The Morgan fingerprint density at radius 2 is 1.42 bits per heavy atom. The average molecular weight is 1060 g/mol. The molecule has 0 bridgehead atoms. The van der Waals surface area contributed by atoms with Crippen LogP contribution in [0, 0.1) is 5.41 Å². The van der Waals surface area contributed by atoms with E-state index >= 15 is 0 Å². The fourth-order valence-corrected chi connectivity index (χ4v) is 11.0. The van der Waals surface area contributed by atoms with E-state index in [-0.39, 0.29) is 36.5 Å². The Labute approximate surface area is 370 Å². The minimum atomic E-state index is -5.93. The molecule has 0 radical (unpaired) electrons. The van der Waals surface area contributed by atoms with E-state index in [1.807, 2.05) is 0 Å². The number of aliphatic hydroxyl groups excluding tert-OH is 4. The van der Waals surface area contributed by atoms with Crippen molar-refractivity contribution in [3.63, 3.8) is 0 Å². The molecule has 0 saturated carbocycles. The van der Waals surface area contributed by atoms with Crippen molar-refractivity contribution in [3.05, 3.63) is 12.7 Å². The number of rotatable bonds is 25. The Hall–Kier alpha value is -1.97. The van der Waals surface area contributed by atoms with Gasteiger partial charge >= 0.3 is 39.1 Å². The number of nitrogens with two attached hydrogens (primary N) is 1. The number of phosphoric ester groups is 3. The molecule has 4 unspecified atom stereocenters. The molecule has 14 N–H and O–H groups in total. The molecule has 13 atom stereocenters. The van der Waals surface area contributed by atoms with Gasteiger partial charge in [-0.2, -0.15) is 25.6 Å². The van der Waals surface area contributed by atoms with E-state index < -0.39 is 131 Å². The van der Waals surface area contributed by atoms with Crippen LogP contribution in [0.3, 0.4) is 0 Å². The molecule has 65 heavy (non-hydrogen) atoms. The number of ether oxygens (including phenoxy) is 3. The Kier molecular flexibility index (Phi) is 19.0. The highest BCUT2D eigenvalue weighted by Crippen LogP contribution is 2.66. The van der Waals surface area contributed by atoms with E-state index in [9.17, 15) is 72.4 Å². The molecule has 2 aliphatic rings. The van der Waals surface area contributed by atoms with E-state index in [1.165, 1.54) is 13.8 Å². The van der Waals surface area contributed by atoms with Crippen LogP contribution in [0.25, 0.3) is 11.2 Å². The SMILES string of the molecule is CC(C)(COP(=O)(O)OP(=O)(O)OC[C@H]1O[C@@H](n2cnc3c(N)ncnc32)[C@H](O[C@H]2O[C@H](COP(=O)(O)OP(=O)(O)OP(=O)(O)O)[C@@H](O)[C@H]2O)[C@@H]1O)[C@@H](O)C(=O)NCCC(=O)NCCS. The number of anilines is 1. The first-order valence-corrected chi connectivity index (χ1v) is 26.2. The summed E-state index contributed by atoms with van der Waals surface area (Å²) in [6, 6.07) is 0. The first kappa shape index (κ1) is 55.6. The van der Waals surface area contributed by atoms with Gasteiger partial charge in [-0.3, -0.25) is 27.7 Å². The third-order valence-electron chi connectivity index (χ3n) is 8.68. The summed E-state index contributed by atoms with van der Waals surface area (Å²) >= 11 is 3.95. The number of hydrogen-bond donors (Lipinski definition) is 14. The van der Waals surface area contributed by atoms with Crippen molar-refractivity contribution in [1.82, 2.24) is 30.2 Å². The summed E-state index contributed by atoms with van der Waals surface area (Å²) in [6.45, 7) is -0.770. The van der Waals surface area contributed by atoms with Crippen LogP contribution >= 0.6 is 51.7 Å². The summed E-state index contributed by atoms with van der Waals surface area (Å²) in [6.07, 6.45) is -15.1. The second kappa shape index (κ2) is 22.2. The van der Waals surface area contributed by atoms with Crippen molar-refractivity contribution in [2.75, 3.05) is 44.4 Å². The fourth-order valence-electron chi connectivity index (χ4n) is 5.58. The number of nitrogen functional groups attached to an aromatic ring is 1. The van der Waals surface area contributed by atoms with Gasteiger partial charge in [0.05, 0.1) is 26.1 Å². The van der Waals surface area contributed by atoms with Crippen molar-refractivity contribution in [3.8, 4) is 0 Å². The highest BCUT2D eigenvalue weighted by molar-refractivity contribution is 7.80. The van der Waals surface area contributed by atoms with Gasteiger partial charge in [-0.25, -0.2) is 37.8 Å². The van der Waals surface area contributed by atoms with Gasteiger partial charge in [-0.1, -0.05) is 13.8 Å². The summed E-state index contributed by atoms with van der Waals surface area (Å²) in [5.74, 6) is -1.15. The van der Waals surface area contributed by atoms with Crippen molar-refractivity contribution in [2.45, 2.75) is 75.5 Å². The number of fused-ring (bicyclic) bond motifs is 1. The zero-order chi connectivity index (χ0) is 48.9. The first-order chi connectivity index (χ1) is 29.9. The molecule has 2 aromatic rings. The molecule has 0 spiro atoms. The third-order valence-corrected chi connectivity index (χ3v) is 15.3. The molecule has 372 valence electrons. The third kappa shape index (κ3) is 16.0. The van der Waals surface area contributed by atoms with Gasteiger partial charge in [0.25, 0.3) is 0 Å². The van der Waals surface area contributed by atoms with Crippen LogP contribution in [0.5, 0.6) is 0 Å². The zero-order valence-corrected chi connectivity index (χ0v) is 38.7. The van der Waals surface area contributed by atoms with Gasteiger partial charge in [0, 0.05) is 30.7 Å². The van der Waals surface area contributed by atoms with Crippen LogP contribution in [-0.4, -0.2) is 169 Å². The number of aliphatic hydroxyl groups is 4. The van der Waals surface area contributed by atoms with Gasteiger partial charge in [-0.05, 0) is 0 Å². The molecule has 2 aromatic heterocycles. The maximum Gasteiger partial charge on any atom is 0.490 e. The Morgan fingerprint density at radius 3 is 2.02 bits per heavy atom. The molecule has 4 heterocycles. The van der Waals surface area contributed by atoms with Crippen LogP contribution in [0.4, 0.5) is 5.82 Å². The summed E-state index contributed by atoms with van der Waals surface area (Å²) in [5, 5.41) is 48.0. The molecular weight excluding hydrogens is 1010 g/mol. The van der Waals surface area contributed by atoms with Crippen molar-refractivity contribution < 1.29 is 123 Å². The Morgan fingerprint density at radius 1 is 0.831 bits per heavy atom. The molecule has 2 amide bonds. The van der Waals surface area contributed by atoms with Crippen LogP contribution in [0.2, 0.25) is 0 Å². The average Bonchev–Trinajstić information content (AvgIpc) is 3.82. The number of imidazole rings is 1. The lowest BCUT2D eigenvalue weighted by Crippen LogP contribution is -2.46. The number of amides is 2. The molecule has 0 aromatic carbocycles. The van der Waals surface area contributed by atoms with Crippen molar-refractivity contribution in [2.24, 2.45) is 5.41 Å². The van der Waals surface area contributed by atoms with Gasteiger partial charge < -0.3 is 80.4 Å². The van der Waals surface area contributed by atoms with Crippen LogP contribution in [0.1, 0.15) is 26.5 Å². The largest absolute Gasteiger partial charge is 0.490 e. The van der Waals surface area contributed by atoms with Gasteiger partial charge in [0.15, 0.2) is 24.0 Å². The molecule has 0 aliphatic carbocycles. The van der Waals surface area contributed by atoms with Gasteiger partial charge in [0.1, 0.15) is 54.6 Å².